The Morgan fingerprint density at radius 2 is 2.10 bits per heavy atom. The molecule has 1 aliphatic heterocycles. The zero-order valence-corrected chi connectivity index (χ0v) is 12.7. The molecule has 1 saturated heterocycles. The molecule has 1 aromatic rings. The molecule has 2 rings (SSSR count). The van der Waals surface area contributed by atoms with Gasteiger partial charge in [-0.15, -0.1) is 0 Å². The van der Waals surface area contributed by atoms with Crippen LogP contribution in [0.15, 0.2) is 24.3 Å². The van der Waals surface area contributed by atoms with Gasteiger partial charge in [0, 0.05) is 12.1 Å². The number of nitrogens with one attached hydrogen (secondary N) is 1. The van der Waals surface area contributed by atoms with Crippen LogP contribution in [0.1, 0.15) is 54.9 Å². The van der Waals surface area contributed by atoms with E-state index < -0.39 is 0 Å². The van der Waals surface area contributed by atoms with Crippen molar-refractivity contribution < 1.29 is 9.59 Å². The SMILES string of the molecule is CCCCCc1ccc(C(=O)NN2CCCC2C=O)cc1. The summed E-state index contributed by atoms with van der Waals surface area (Å²) in [5.41, 5.74) is 4.75. The van der Waals surface area contributed by atoms with Crippen LogP contribution in [0.4, 0.5) is 0 Å². The second kappa shape index (κ2) is 7.93. The normalized spacial score (nSPS) is 18.6. The van der Waals surface area contributed by atoms with Gasteiger partial charge < -0.3 is 4.79 Å². The Kier molecular flexibility index (Phi) is 5.93. The van der Waals surface area contributed by atoms with E-state index in [1.54, 1.807) is 5.01 Å². The Labute approximate surface area is 126 Å². The van der Waals surface area contributed by atoms with Crippen molar-refractivity contribution in [3.05, 3.63) is 35.4 Å². The molecule has 0 aromatic heterocycles. The summed E-state index contributed by atoms with van der Waals surface area (Å²) in [6.45, 7) is 2.93. The van der Waals surface area contributed by atoms with E-state index in [9.17, 15) is 9.59 Å². The molecule has 1 heterocycles. The van der Waals surface area contributed by atoms with Gasteiger partial charge in [-0.2, -0.15) is 0 Å². The molecule has 1 aromatic carbocycles. The average Bonchev–Trinajstić information content (AvgIpc) is 2.95. The second-order valence-corrected chi connectivity index (χ2v) is 5.63. The molecule has 0 saturated carbocycles. The zero-order chi connectivity index (χ0) is 15.1. The number of carbonyl (C=O) groups is 2. The van der Waals surface area contributed by atoms with E-state index in [4.69, 9.17) is 0 Å². The number of aldehydes is 1. The van der Waals surface area contributed by atoms with Crippen molar-refractivity contribution in [2.75, 3.05) is 6.54 Å². The summed E-state index contributed by atoms with van der Waals surface area (Å²) in [6, 6.07) is 7.59. The van der Waals surface area contributed by atoms with Crippen molar-refractivity contribution in [3.8, 4) is 0 Å². The van der Waals surface area contributed by atoms with Crippen molar-refractivity contribution in [3.63, 3.8) is 0 Å². The van der Waals surface area contributed by atoms with Crippen LogP contribution < -0.4 is 5.43 Å². The van der Waals surface area contributed by atoms with Crippen LogP contribution >= 0.6 is 0 Å². The molecule has 21 heavy (non-hydrogen) atoms. The van der Waals surface area contributed by atoms with E-state index in [0.29, 0.717) is 5.56 Å². The molecule has 0 radical (unpaired) electrons. The Balaban J connectivity index is 1.89. The van der Waals surface area contributed by atoms with Crippen molar-refractivity contribution in [2.45, 2.75) is 51.5 Å². The van der Waals surface area contributed by atoms with Gasteiger partial charge in [0.2, 0.25) is 0 Å². The number of rotatable bonds is 7. The Morgan fingerprint density at radius 3 is 2.76 bits per heavy atom. The van der Waals surface area contributed by atoms with E-state index in [1.807, 2.05) is 24.3 Å². The lowest BCUT2D eigenvalue weighted by atomic mass is 10.1. The third-order valence-corrected chi connectivity index (χ3v) is 3.99. The lowest BCUT2D eigenvalue weighted by molar-refractivity contribution is -0.112. The zero-order valence-electron chi connectivity index (χ0n) is 12.7. The van der Waals surface area contributed by atoms with E-state index >= 15 is 0 Å². The van der Waals surface area contributed by atoms with Crippen LogP contribution in [0.2, 0.25) is 0 Å². The molecule has 1 unspecified atom stereocenters. The van der Waals surface area contributed by atoms with Gasteiger partial charge in [-0.05, 0) is 43.4 Å². The molecule has 114 valence electrons. The first-order chi connectivity index (χ1) is 10.2. The first kappa shape index (κ1) is 15.7. The molecule has 4 heteroatoms. The number of carbonyl (C=O) groups excluding carboxylic acids is 2. The summed E-state index contributed by atoms with van der Waals surface area (Å²) in [6.07, 6.45) is 7.38. The van der Waals surface area contributed by atoms with E-state index in [0.717, 1.165) is 32.1 Å². The van der Waals surface area contributed by atoms with Crippen LogP contribution in [0, 0.1) is 0 Å². The minimum absolute atomic E-state index is 0.135. The fourth-order valence-electron chi connectivity index (χ4n) is 2.67. The van der Waals surface area contributed by atoms with Crippen LogP contribution in [0.3, 0.4) is 0 Å². The van der Waals surface area contributed by atoms with Gasteiger partial charge in [-0.3, -0.25) is 10.2 Å². The van der Waals surface area contributed by atoms with Gasteiger partial charge in [-0.1, -0.05) is 31.9 Å². The molecule has 0 spiro atoms. The highest BCUT2D eigenvalue weighted by atomic mass is 16.2. The van der Waals surface area contributed by atoms with Crippen LogP contribution in [-0.4, -0.2) is 29.8 Å². The molecule has 4 nitrogen and oxygen atoms in total. The molecule has 0 bridgehead atoms. The smallest absolute Gasteiger partial charge is 0.265 e. The summed E-state index contributed by atoms with van der Waals surface area (Å²) >= 11 is 0. The van der Waals surface area contributed by atoms with Gasteiger partial charge in [0.05, 0.1) is 6.04 Å². The molecule has 1 N–H and O–H groups in total. The number of aryl methyl sites for hydroxylation is 1. The Hall–Kier alpha value is -1.68. The predicted molar refractivity (Wildman–Crippen MR) is 82.9 cm³/mol. The Morgan fingerprint density at radius 1 is 1.33 bits per heavy atom. The monoisotopic (exact) mass is 288 g/mol. The van der Waals surface area contributed by atoms with Crippen molar-refractivity contribution in [1.29, 1.82) is 0 Å². The fraction of sp³-hybridized carbons (Fsp3) is 0.529. The molecular weight excluding hydrogens is 264 g/mol. The van der Waals surface area contributed by atoms with E-state index in [2.05, 4.69) is 12.3 Å². The minimum Gasteiger partial charge on any atom is -0.302 e. The van der Waals surface area contributed by atoms with Crippen molar-refractivity contribution >= 4 is 12.2 Å². The lowest BCUT2D eigenvalue weighted by Gasteiger charge is -2.20. The van der Waals surface area contributed by atoms with Crippen LogP contribution in [0.5, 0.6) is 0 Å². The largest absolute Gasteiger partial charge is 0.302 e. The topological polar surface area (TPSA) is 49.4 Å². The number of unbranched alkanes of at least 4 members (excludes halogenated alkanes) is 2. The number of hydrogen-bond acceptors (Lipinski definition) is 3. The average molecular weight is 288 g/mol. The number of nitrogens with zero attached hydrogens (tertiary/aromatic N) is 1. The molecule has 1 amide bonds. The molecule has 0 aliphatic carbocycles. The summed E-state index contributed by atoms with van der Waals surface area (Å²) in [4.78, 5) is 23.1. The van der Waals surface area contributed by atoms with Gasteiger partial charge in [0.15, 0.2) is 0 Å². The summed E-state index contributed by atoms with van der Waals surface area (Å²) < 4.78 is 0. The number of amides is 1. The van der Waals surface area contributed by atoms with E-state index in [-0.39, 0.29) is 11.9 Å². The minimum atomic E-state index is -0.178. The maximum atomic E-state index is 12.2. The summed E-state index contributed by atoms with van der Waals surface area (Å²) in [7, 11) is 0. The van der Waals surface area contributed by atoms with Crippen molar-refractivity contribution in [2.24, 2.45) is 0 Å². The Bertz CT molecular complexity index is 470. The number of benzene rings is 1. The summed E-state index contributed by atoms with van der Waals surface area (Å²) in [5, 5.41) is 1.74. The van der Waals surface area contributed by atoms with E-state index in [1.165, 1.54) is 24.8 Å². The first-order valence-electron chi connectivity index (χ1n) is 7.86. The van der Waals surface area contributed by atoms with Crippen molar-refractivity contribution in [1.82, 2.24) is 10.4 Å². The van der Waals surface area contributed by atoms with Crippen LogP contribution in [0.25, 0.3) is 0 Å². The van der Waals surface area contributed by atoms with Crippen LogP contribution in [-0.2, 0) is 11.2 Å². The quantitative estimate of drug-likeness (QED) is 0.620. The number of hydrogen-bond donors (Lipinski definition) is 1. The third kappa shape index (κ3) is 4.39. The highest BCUT2D eigenvalue weighted by molar-refractivity contribution is 5.94. The molecular formula is C17H24N2O2. The second-order valence-electron chi connectivity index (χ2n) is 5.63. The first-order valence-corrected chi connectivity index (χ1v) is 7.86. The van der Waals surface area contributed by atoms with Gasteiger partial charge in [0.25, 0.3) is 5.91 Å². The highest BCUT2D eigenvalue weighted by Crippen LogP contribution is 2.14. The molecule has 1 fully saturated rings. The fourth-order valence-corrected chi connectivity index (χ4v) is 2.67. The van der Waals surface area contributed by atoms with Gasteiger partial charge in [-0.25, -0.2) is 5.01 Å². The van der Waals surface area contributed by atoms with Gasteiger partial charge in [0.1, 0.15) is 6.29 Å². The predicted octanol–water partition coefficient (Wildman–Crippen LogP) is 2.73. The maximum absolute atomic E-state index is 12.2. The lowest BCUT2D eigenvalue weighted by Crippen LogP contribution is -2.45. The molecule has 1 aliphatic rings. The third-order valence-electron chi connectivity index (χ3n) is 3.99. The molecule has 1 atom stereocenters. The number of hydrazine groups is 1. The highest BCUT2D eigenvalue weighted by Gasteiger charge is 2.25. The maximum Gasteiger partial charge on any atom is 0.265 e. The summed E-state index contributed by atoms with van der Waals surface area (Å²) in [5.74, 6) is -0.135. The standard InChI is InChI=1S/C17H24N2O2/c1-2-3-4-6-14-8-10-15(11-9-14)17(21)18-19-12-5-7-16(19)13-20/h8-11,13,16H,2-7,12H2,1H3,(H,18,21). The van der Waals surface area contributed by atoms with Gasteiger partial charge >= 0.3 is 0 Å².